The summed E-state index contributed by atoms with van der Waals surface area (Å²) in [6.07, 6.45) is 16.9. The molecule has 0 radical (unpaired) electrons. The van der Waals surface area contributed by atoms with E-state index in [1.165, 1.54) is 37.8 Å². The molecule has 0 aliphatic rings. The van der Waals surface area contributed by atoms with Crippen LogP contribution in [0.2, 0.25) is 0 Å². The molecule has 0 N–H and O–H groups in total. The Morgan fingerprint density at radius 3 is 2.08 bits per heavy atom. The lowest BCUT2D eigenvalue weighted by Gasteiger charge is -2.15. The van der Waals surface area contributed by atoms with Crippen molar-refractivity contribution < 1.29 is 14.4 Å². The number of benzene rings is 4. The van der Waals surface area contributed by atoms with Crippen molar-refractivity contribution in [1.29, 1.82) is 5.26 Å². The monoisotopic (exact) mass is 667 g/mol. The first-order valence-electron chi connectivity index (χ1n) is 17.6. The van der Waals surface area contributed by atoms with Gasteiger partial charge < -0.3 is 14.0 Å². The van der Waals surface area contributed by atoms with Gasteiger partial charge in [0.25, 0.3) is 5.69 Å². The summed E-state index contributed by atoms with van der Waals surface area (Å²) in [5.74, 6) is 1.62. The van der Waals surface area contributed by atoms with Crippen LogP contribution in [-0.4, -0.2) is 22.7 Å². The summed E-state index contributed by atoms with van der Waals surface area (Å²) in [5, 5.41) is 23.3. The van der Waals surface area contributed by atoms with Crippen molar-refractivity contribution in [3.8, 4) is 17.6 Å². The van der Waals surface area contributed by atoms with Crippen LogP contribution in [-0.2, 0) is 0 Å². The number of hydrogen-bond donors (Lipinski definition) is 0. The largest absolute Gasteiger partial charge is 0.493 e. The highest BCUT2D eigenvalue weighted by molar-refractivity contribution is 6.11. The van der Waals surface area contributed by atoms with Crippen molar-refractivity contribution >= 4 is 57.5 Å². The van der Waals surface area contributed by atoms with Gasteiger partial charge >= 0.3 is 0 Å². The zero-order valence-corrected chi connectivity index (χ0v) is 29.1. The molecular weight excluding hydrogens is 622 g/mol. The van der Waals surface area contributed by atoms with E-state index in [9.17, 15) is 15.4 Å². The lowest BCUT2D eigenvalue weighted by molar-refractivity contribution is -0.384. The quantitative estimate of drug-likeness (QED) is 0.0305. The van der Waals surface area contributed by atoms with Gasteiger partial charge in [-0.1, -0.05) is 101 Å². The van der Waals surface area contributed by atoms with Crippen LogP contribution < -0.4 is 9.47 Å². The number of nitro benzene ring substituents is 1. The van der Waals surface area contributed by atoms with E-state index < -0.39 is 4.92 Å². The summed E-state index contributed by atoms with van der Waals surface area (Å²) >= 11 is 0. The smallest absolute Gasteiger partial charge is 0.269 e. The standard InChI is InChI=1S/C43H45N3O4/c1-4-7-9-13-25-49-42-29-35(43(28-33(42)6-3)50-26-14-10-8-5-2)19-17-32-18-24-41-39(27-32)38-15-11-12-16-40(38)45(41)31-36(30-44)34-20-22-37(23-21-34)46(47)48/h6,11-12,15-24,27-29,31H,3-5,7-10,13-14,25-26H2,1-2H3/b19-17+,36-31+. The van der Waals surface area contributed by atoms with E-state index in [4.69, 9.17) is 9.47 Å². The normalized spacial score (nSPS) is 11.7. The second kappa shape index (κ2) is 17.7. The number of allylic oxidation sites excluding steroid dienone is 1. The zero-order chi connectivity index (χ0) is 35.3. The SMILES string of the molecule is C=Cc1cc(OCCCCCC)c(/C=C/c2ccc3c(c2)c2ccccc2n3/C=C(\C#N)c2ccc([N+](=O)[O-])cc2)cc1OCCCCCC. The second-order valence-corrected chi connectivity index (χ2v) is 12.4. The van der Waals surface area contributed by atoms with Gasteiger partial charge in [0.05, 0.1) is 34.7 Å². The van der Waals surface area contributed by atoms with Crippen molar-refractivity contribution in [2.75, 3.05) is 13.2 Å². The van der Waals surface area contributed by atoms with Crippen LogP contribution >= 0.6 is 0 Å². The van der Waals surface area contributed by atoms with Gasteiger partial charge in [-0.25, -0.2) is 0 Å². The molecule has 0 saturated carbocycles. The molecule has 5 aromatic rings. The average molecular weight is 668 g/mol. The molecule has 0 unspecified atom stereocenters. The maximum atomic E-state index is 11.2. The molecule has 0 spiro atoms. The van der Waals surface area contributed by atoms with Gasteiger partial charge in [-0.3, -0.25) is 10.1 Å². The summed E-state index contributed by atoms with van der Waals surface area (Å²) < 4.78 is 14.6. The van der Waals surface area contributed by atoms with Crippen LogP contribution in [0.3, 0.4) is 0 Å². The first kappa shape index (κ1) is 35.7. The van der Waals surface area contributed by atoms with Gasteiger partial charge in [0, 0.05) is 40.2 Å². The summed E-state index contributed by atoms with van der Waals surface area (Å²) in [7, 11) is 0. The first-order valence-corrected chi connectivity index (χ1v) is 17.6. The average Bonchev–Trinajstić information content (AvgIpc) is 3.45. The number of aromatic nitrogens is 1. The Morgan fingerprint density at radius 1 is 0.800 bits per heavy atom. The highest BCUT2D eigenvalue weighted by Crippen LogP contribution is 2.34. The summed E-state index contributed by atoms with van der Waals surface area (Å²) in [4.78, 5) is 10.7. The van der Waals surface area contributed by atoms with Crippen LogP contribution in [0.1, 0.15) is 87.5 Å². The van der Waals surface area contributed by atoms with Crippen LogP contribution in [0.25, 0.3) is 51.8 Å². The molecule has 4 aromatic carbocycles. The number of rotatable bonds is 18. The molecule has 5 rings (SSSR count). The van der Waals surface area contributed by atoms with Crippen molar-refractivity contribution in [3.63, 3.8) is 0 Å². The Hall–Kier alpha value is -5.61. The number of para-hydroxylation sites is 1. The topological polar surface area (TPSA) is 90.3 Å². The van der Waals surface area contributed by atoms with Crippen LogP contribution in [0.5, 0.6) is 11.5 Å². The third-order valence-electron chi connectivity index (χ3n) is 8.83. The summed E-state index contributed by atoms with van der Waals surface area (Å²) in [6.45, 7) is 9.76. The fraction of sp³-hybridized carbons (Fsp3) is 0.279. The molecule has 1 heterocycles. The van der Waals surface area contributed by atoms with E-state index in [0.29, 0.717) is 24.4 Å². The Kier molecular flexibility index (Phi) is 12.6. The third kappa shape index (κ3) is 8.69. The molecule has 0 bridgehead atoms. The predicted octanol–water partition coefficient (Wildman–Crippen LogP) is 12.0. The highest BCUT2D eigenvalue weighted by Gasteiger charge is 2.13. The second-order valence-electron chi connectivity index (χ2n) is 12.4. The fourth-order valence-electron chi connectivity index (χ4n) is 6.06. The minimum atomic E-state index is -0.445. The van der Waals surface area contributed by atoms with Crippen LogP contribution in [0.4, 0.5) is 5.69 Å². The summed E-state index contributed by atoms with van der Waals surface area (Å²) in [6, 6.07) is 26.8. The lowest BCUT2D eigenvalue weighted by Crippen LogP contribution is -2.02. The van der Waals surface area contributed by atoms with Crippen molar-refractivity contribution in [2.45, 2.75) is 65.2 Å². The predicted molar refractivity (Wildman–Crippen MR) is 207 cm³/mol. The van der Waals surface area contributed by atoms with Crippen LogP contribution in [0.15, 0.2) is 85.4 Å². The molecule has 7 nitrogen and oxygen atoms in total. The number of nitriles is 1. The Balaban J connectivity index is 1.50. The van der Waals surface area contributed by atoms with Crippen molar-refractivity contribution in [2.24, 2.45) is 0 Å². The van der Waals surface area contributed by atoms with E-state index in [1.807, 2.05) is 34.9 Å². The van der Waals surface area contributed by atoms with E-state index >= 15 is 0 Å². The fourth-order valence-corrected chi connectivity index (χ4v) is 6.06. The van der Waals surface area contributed by atoms with E-state index in [-0.39, 0.29) is 5.69 Å². The molecule has 7 heteroatoms. The number of nitro groups is 1. The Labute approximate surface area is 294 Å². The first-order chi connectivity index (χ1) is 24.5. The number of hydrogen-bond acceptors (Lipinski definition) is 5. The van der Waals surface area contributed by atoms with Gasteiger partial charge in [-0.2, -0.15) is 5.26 Å². The number of non-ortho nitro benzene ring substituents is 1. The molecule has 0 aliphatic carbocycles. The van der Waals surface area contributed by atoms with Gasteiger partial charge in [-0.05, 0) is 66.4 Å². The van der Waals surface area contributed by atoms with E-state index in [2.05, 4.69) is 69.0 Å². The van der Waals surface area contributed by atoms with E-state index in [0.717, 1.165) is 75.7 Å². The van der Waals surface area contributed by atoms with Crippen molar-refractivity contribution in [1.82, 2.24) is 4.57 Å². The number of unbranched alkanes of at least 4 members (excludes halogenated alkanes) is 6. The molecule has 0 aliphatic heterocycles. The molecule has 256 valence electrons. The highest BCUT2D eigenvalue weighted by atomic mass is 16.6. The lowest BCUT2D eigenvalue weighted by atomic mass is 10.1. The van der Waals surface area contributed by atoms with Gasteiger partial charge in [0.15, 0.2) is 0 Å². The molecule has 0 fully saturated rings. The number of ether oxygens (including phenoxy) is 2. The molecule has 0 amide bonds. The molecule has 50 heavy (non-hydrogen) atoms. The molecule has 0 atom stereocenters. The minimum absolute atomic E-state index is 0.0167. The van der Waals surface area contributed by atoms with Gasteiger partial charge in [0.2, 0.25) is 0 Å². The van der Waals surface area contributed by atoms with Gasteiger partial charge in [0.1, 0.15) is 17.6 Å². The maximum Gasteiger partial charge on any atom is 0.269 e. The minimum Gasteiger partial charge on any atom is -0.493 e. The van der Waals surface area contributed by atoms with Crippen molar-refractivity contribution in [3.05, 3.63) is 118 Å². The van der Waals surface area contributed by atoms with Crippen LogP contribution in [0, 0.1) is 21.4 Å². The Bertz CT molecular complexity index is 2050. The number of fused-ring (bicyclic) bond motifs is 3. The zero-order valence-electron chi connectivity index (χ0n) is 29.1. The van der Waals surface area contributed by atoms with E-state index in [1.54, 1.807) is 18.3 Å². The maximum absolute atomic E-state index is 11.2. The third-order valence-corrected chi connectivity index (χ3v) is 8.83. The Morgan fingerprint density at radius 2 is 1.44 bits per heavy atom. The molecular formula is C43H45N3O4. The number of nitrogens with zero attached hydrogens (tertiary/aromatic N) is 3. The molecule has 1 aromatic heterocycles. The summed E-state index contributed by atoms with van der Waals surface area (Å²) in [5.41, 5.74) is 5.79. The van der Waals surface area contributed by atoms with Gasteiger partial charge in [-0.15, -0.1) is 0 Å². The molecule has 0 saturated heterocycles.